The second-order valence-corrected chi connectivity index (χ2v) is 16.2. The Morgan fingerprint density at radius 3 is 2.02 bits per heavy atom. The summed E-state index contributed by atoms with van der Waals surface area (Å²) in [5.41, 5.74) is 19.6. The van der Waals surface area contributed by atoms with Gasteiger partial charge in [0.1, 0.15) is 0 Å². The number of hydrogen-bond acceptors (Lipinski definition) is 3. The summed E-state index contributed by atoms with van der Waals surface area (Å²) in [5.74, 6) is 0. The van der Waals surface area contributed by atoms with Gasteiger partial charge in [-0.3, -0.25) is 4.98 Å². The highest BCUT2D eigenvalue weighted by atomic mass is 15.0. The molecule has 3 nitrogen and oxygen atoms in total. The molecule has 1 unspecified atom stereocenters. The minimum Gasteiger partial charge on any atom is -0.383 e. The van der Waals surface area contributed by atoms with E-state index in [1.807, 2.05) is 12.3 Å². The lowest BCUT2D eigenvalue weighted by Crippen LogP contribution is -2.32. The third kappa shape index (κ3) is 6.60. The van der Waals surface area contributed by atoms with Crippen LogP contribution in [-0.2, 0) is 6.42 Å². The Morgan fingerprint density at radius 2 is 1.30 bits per heavy atom. The van der Waals surface area contributed by atoms with Crippen LogP contribution in [0.3, 0.4) is 0 Å². The smallest absolute Gasteiger partial charge is 0.0847 e. The molecule has 1 aromatic heterocycles. The Kier molecular flexibility index (Phi) is 9.35. The van der Waals surface area contributed by atoms with Crippen molar-refractivity contribution in [3.05, 3.63) is 222 Å². The topological polar surface area (TPSA) is 37.0 Å². The lowest BCUT2D eigenvalue weighted by Gasteiger charge is -2.30. The molecule has 1 aliphatic carbocycles. The summed E-state index contributed by atoms with van der Waals surface area (Å²) in [6.45, 7) is 3.10. The standard InChI is InChI=1S/C58H45N3/c1-2-38-35-51-44(27-28-45(38)53-24-11-13-32-59-53)37-50(49-30-31-55(61-58(49)51)54-25-12-14-33-60-54)43-21-15-20-41(34-43)42-26-29-48-52(36-42)57(40-18-7-4-8-19-40)47-23-10-9-22-46(47)56(48)39-16-5-3-6-17-39/h3-32,34,36-37,55,60-61H,2,33,35H2,1H3. The number of hydrogen-bond donors (Lipinski definition) is 2. The highest BCUT2D eigenvalue weighted by Crippen LogP contribution is 2.46. The van der Waals surface area contributed by atoms with E-state index in [2.05, 4.69) is 206 Å². The van der Waals surface area contributed by atoms with Crippen LogP contribution >= 0.6 is 0 Å². The zero-order valence-corrected chi connectivity index (χ0v) is 34.2. The number of pyridine rings is 1. The molecule has 0 radical (unpaired) electrons. The summed E-state index contributed by atoms with van der Waals surface area (Å²) in [4.78, 5) is 4.79. The number of allylic oxidation sites excluding steroid dienone is 5. The predicted octanol–water partition coefficient (Wildman–Crippen LogP) is 14.3. The van der Waals surface area contributed by atoms with Gasteiger partial charge in [0, 0.05) is 29.7 Å². The van der Waals surface area contributed by atoms with Crippen LogP contribution < -0.4 is 10.6 Å². The highest BCUT2D eigenvalue weighted by Gasteiger charge is 2.26. The first-order valence-corrected chi connectivity index (χ1v) is 21.5. The van der Waals surface area contributed by atoms with E-state index < -0.39 is 0 Å². The van der Waals surface area contributed by atoms with E-state index in [9.17, 15) is 0 Å². The van der Waals surface area contributed by atoms with Gasteiger partial charge >= 0.3 is 0 Å². The van der Waals surface area contributed by atoms with Crippen molar-refractivity contribution in [1.29, 1.82) is 0 Å². The van der Waals surface area contributed by atoms with Crippen LogP contribution in [-0.4, -0.2) is 17.6 Å². The number of dihydropyridines is 1. The normalized spacial score (nSPS) is 15.5. The molecule has 0 spiro atoms. The Bertz CT molecular complexity index is 3150. The fourth-order valence-electron chi connectivity index (χ4n) is 9.70. The third-order valence-electron chi connectivity index (χ3n) is 12.7. The molecule has 0 saturated heterocycles. The van der Waals surface area contributed by atoms with Gasteiger partial charge < -0.3 is 10.6 Å². The van der Waals surface area contributed by atoms with Gasteiger partial charge in [-0.25, -0.2) is 0 Å². The predicted molar refractivity (Wildman–Crippen MR) is 259 cm³/mol. The molecule has 0 amide bonds. The fourth-order valence-corrected chi connectivity index (χ4v) is 9.70. The quantitative estimate of drug-likeness (QED) is 0.158. The first kappa shape index (κ1) is 36.6. The maximum absolute atomic E-state index is 4.79. The number of nitrogens with zero attached hydrogens (tertiary/aromatic N) is 1. The van der Waals surface area contributed by atoms with Crippen molar-refractivity contribution >= 4 is 45.0 Å². The number of fused-ring (bicyclic) bond motifs is 5. The molecule has 61 heavy (non-hydrogen) atoms. The van der Waals surface area contributed by atoms with Crippen molar-refractivity contribution in [3.8, 4) is 44.5 Å². The fraction of sp³-hybridized carbons (Fsp3) is 0.0862. The van der Waals surface area contributed by atoms with E-state index >= 15 is 0 Å². The summed E-state index contributed by atoms with van der Waals surface area (Å²) in [6, 6.07) is 55.5. The van der Waals surface area contributed by atoms with Crippen molar-refractivity contribution in [2.24, 2.45) is 0 Å². The second kappa shape index (κ2) is 15.6. The van der Waals surface area contributed by atoms with E-state index in [1.54, 1.807) is 0 Å². The van der Waals surface area contributed by atoms with Crippen LogP contribution in [0.5, 0.6) is 0 Å². The van der Waals surface area contributed by atoms with Crippen LogP contribution in [0, 0.1) is 0 Å². The summed E-state index contributed by atoms with van der Waals surface area (Å²) in [5, 5.41) is 12.7. The van der Waals surface area contributed by atoms with Crippen molar-refractivity contribution in [1.82, 2.24) is 10.3 Å². The molecule has 8 aromatic rings. The van der Waals surface area contributed by atoms with E-state index in [-0.39, 0.29) is 6.04 Å². The Morgan fingerprint density at radius 1 is 0.607 bits per heavy atom. The van der Waals surface area contributed by atoms with E-state index in [0.29, 0.717) is 0 Å². The summed E-state index contributed by atoms with van der Waals surface area (Å²) in [7, 11) is 0. The van der Waals surface area contributed by atoms with Gasteiger partial charge in [0.15, 0.2) is 0 Å². The molecule has 3 aliphatic rings. The molecule has 0 fully saturated rings. The number of nitrogens with one attached hydrogen (secondary N) is 2. The van der Waals surface area contributed by atoms with Gasteiger partial charge in [-0.05, 0) is 132 Å². The molecule has 1 atom stereocenters. The Balaban J connectivity index is 1.09. The van der Waals surface area contributed by atoms with Crippen molar-refractivity contribution in [3.63, 3.8) is 0 Å². The molecule has 3 heteroatoms. The average molecular weight is 784 g/mol. The molecular formula is C58H45N3. The number of benzene rings is 7. The molecule has 3 heterocycles. The molecule has 7 aromatic carbocycles. The van der Waals surface area contributed by atoms with Gasteiger partial charge in [-0.1, -0.05) is 170 Å². The third-order valence-corrected chi connectivity index (χ3v) is 12.7. The van der Waals surface area contributed by atoms with Crippen LogP contribution in [0.4, 0.5) is 5.69 Å². The lowest BCUT2D eigenvalue weighted by molar-refractivity contribution is 0.807. The Labute approximate surface area is 357 Å². The van der Waals surface area contributed by atoms with Crippen LogP contribution in [0.25, 0.3) is 83.8 Å². The van der Waals surface area contributed by atoms with Crippen molar-refractivity contribution in [2.45, 2.75) is 25.8 Å². The van der Waals surface area contributed by atoms with Crippen molar-refractivity contribution < 1.29 is 0 Å². The summed E-state index contributed by atoms with van der Waals surface area (Å²) in [6.07, 6.45) is 19.5. The van der Waals surface area contributed by atoms with Crippen molar-refractivity contribution in [2.75, 3.05) is 11.9 Å². The number of rotatable bonds is 7. The van der Waals surface area contributed by atoms with Gasteiger partial charge in [0.2, 0.25) is 0 Å². The van der Waals surface area contributed by atoms with Crippen LogP contribution in [0.2, 0.25) is 0 Å². The first-order chi connectivity index (χ1) is 30.2. The van der Waals surface area contributed by atoms with Gasteiger partial charge in [0.05, 0.1) is 11.7 Å². The molecule has 11 rings (SSSR count). The number of aromatic nitrogens is 1. The SMILES string of the molecule is CCC1=C(c2ccccn2)C=Cc2cc(-c3cccc(-c4ccc5c(-c6ccccc6)c6ccccc6c(-c6ccccc6)c5c4)c3)c3c(c2C1)NC(C1=CC=CCN1)C=C3. The largest absolute Gasteiger partial charge is 0.383 e. The maximum atomic E-state index is 4.79. The molecule has 292 valence electrons. The molecule has 0 saturated carbocycles. The highest BCUT2D eigenvalue weighted by molar-refractivity contribution is 6.22. The maximum Gasteiger partial charge on any atom is 0.0847 e. The minimum absolute atomic E-state index is 0.0490. The minimum atomic E-state index is 0.0490. The van der Waals surface area contributed by atoms with E-state index in [1.165, 1.54) is 105 Å². The van der Waals surface area contributed by atoms with Gasteiger partial charge in [-0.15, -0.1) is 0 Å². The monoisotopic (exact) mass is 783 g/mol. The Hall–Kier alpha value is -7.49. The average Bonchev–Trinajstić information content (AvgIpc) is 3.53. The summed E-state index contributed by atoms with van der Waals surface area (Å²) < 4.78 is 0. The van der Waals surface area contributed by atoms with Gasteiger partial charge in [-0.2, -0.15) is 0 Å². The van der Waals surface area contributed by atoms with Crippen LogP contribution in [0.15, 0.2) is 200 Å². The zero-order chi connectivity index (χ0) is 40.7. The zero-order valence-electron chi connectivity index (χ0n) is 34.2. The molecule has 0 bridgehead atoms. The lowest BCUT2D eigenvalue weighted by atomic mass is 9.84. The molecular weight excluding hydrogens is 739 g/mol. The number of anilines is 1. The summed E-state index contributed by atoms with van der Waals surface area (Å²) >= 11 is 0. The van der Waals surface area contributed by atoms with E-state index in [0.717, 1.165) is 25.1 Å². The first-order valence-electron chi connectivity index (χ1n) is 21.5. The molecule has 2 aliphatic heterocycles. The second-order valence-electron chi connectivity index (χ2n) is 16.2. The molecule has 2 N–H and O–H groups in total. The van der Waals surface area contributed by atoms with E-state index in [4.69, 9.17) is 4.98 Å². The van der Waals surface area contributed by atoms with Gasteiger partial charge in [0.25, 0.3) is 0 Å². The van der Waals surface area contributed by atoms with Crippen LogP contribution in [0.1, 0.15) is 35.7 Å².